The molecule has 1 aromatic rings. The number of aryl methyl sites for hydroxylation is 1. The summed E-state index contributed by atoms with van der Waals surface area (Å²) in [5.41, 5.74) is 4.97. The summed E-state index contributed by atoms with van der Waals surface area (Å²) in [7, 11) is 0. The number of nitrogens with two attached hydrogens (primary N) is 1. The van der Waals surface area contributed by atoms with E-state index < -0.39 is 18.1 Å². The van der Waals surface area contributed by atoms with Crippen LogP contribution in [0, 0.1) is 0 Å². The van der Waals surface area contributed by atoms with Gasteiger partial charge in [0.15, 0.2) is 0 Å². The third-order valence-electron chi connectivity index (χ3n) is 2.11. The van der Waals surface area contributed by atoms with E-state index in [0.29, 0.717) is 6.42 Å². The highest BCUT2D eigenvalue weighted by atomic mass is 35.5. The Bertz CT molecular complexity index is 363. The van der Waals surface area contributed by atoms with E-state index in [1.807, 2.05) is 0 Å². The van der Waals surface area contributed by atoms with Crippen molar-refractivity contribution in [2.75, 3.05) is 0 Å². The van der Waals surface area contributed by atoms with Crippen molar-refractivity contribution in [2.45, 2.75) is 31.5 Å². The van der Waals surface area contributed by atoms with E-state index in [9.17, 15) is 22.0 Å². The van der Waals surface area contributed by atoms with Gasteiger partial charge in [-0.2, -0.15) is 22.0 Å². The van der Waals surface area contributed by atoms with Crippen molar-refractivity contribution in [3.8, 4) is 0 Å². The molecule has 0 fully saturated rings. The second kappa shape index (κ2) is 5.49. The molecule has 1 atom stereocenters. The van der Waals surface area contributed by atoms with Gasteiger partial charge >= 0.3 is 12.1 Å². The Morgan fingerprint density at radius 2 is 1.76 bits per heavy atom. The van der Waals surface area contributed by atoms with Crippen molar-refractivity contribution in [2.24, 2.45) is 5.73 Å². The SMILES string of the molecule is CCc1ccc([C@H](N)C(F)(F)C(F)(F)F)s1.Cl. The Balaban J connectivity index is 0.00000256. The molecule has 1 aromatic heterocycles. The van der Waals surface area contributed by atoms with Crippen LogP contribution >= 0.6 is 23.7 Å². The molecule has 0 aliphatic rings. The topological polar surface area (TPSA) is 26.0 Å². The van der Waals surface area contributed by atoms with Gasteiger partial charge < -0.3 is 5.73 Å². The second-order valence-electron chi connectivity index (χ2n) is 3.26. The maximum atomic E-state index is 12.9. The number of rotatable bonds is 3. The van der Waals surface area contributed by atoms with Crippen molar-refractivity contribution in [1.82, 2.24) is 0 Å². The molecule has 0 aromatic carbocycles. The first-order valence-electron chi connectivity index (χ1n) is 4.49. The summed E-state index contributed by atoms with van der Waals surface area (Å²) < 4.78 is 61.9. The zero-order chi connectivity index (χ0) is 12.6. The van der Waals surface area contributed by atoms with E-state index in [4.69, 9.17) is 5.73 Å². The molecule has 0 unspecified atom stereocenters. The Morgan fingerprint density at radius 3 is 2.12 bits per heavy atom. The van der Waals surface area contributed by atoms with Gasteiger partial charge in [0.2, 0.25) is 0 Å². The van der Waals surface area contributed by atoms with Crippen LogP contribution in [-0.4, -0.2) is 12.1 Å². The van der Waals surface area contributed by atoms with Gasteiger partial charge in [-0.15, -0.1) is 23.7 Å². The van der Waals surface area contributed by atoms with Crippen LogP contribution in [0.1, 0.15) is 22.7 Å². The van der Waals surface area contributed by atoms with Gasteiger partial charge in [-0.05, 0) is 18.6 Å². The Morgan fingerprint density at radius 1 is 1.24 bits per heavy atom. The molecule has 1 heterocycles. The molecule has 1 nitrogen and oxygen atoms in total. The lowest BCUT2D eigenvalue weighted by atomic mass is 10.1. The molecule has 0 bridgehead atoms. The molecule has 17 heavy (non-hydrogen) atoms. The molecule has 0 saturated carbocycles. The summed E-state index contributed by atoms with van der Waals surface area (Å²) in [5, 5.41) is 0. The number of thiophene rings is 1. The van der Waals surface area contributed by atoms with E-state index in [-0.39, 0.29) is 17.3 Å². The monoisotopic (exact) mass is 295 g/mol. The fraction of sp³-hybridized carbons (Fsp3) is 0.556. The third kappa shape index (κ3) is 3.29. The molecule has 2 N–H and O–H groups in total. The molecule has 1 rings (SSSR count). The van der Waals surface area contributed by atoms with Crippen LogP contribution < -0.4 is 5.73 Å². The summed E-state index contributed by atoms with van der Waals surface area (Å²) in [6, 6.07) is 0.387. The number of hydrogen-bond donors (Lipinski definition) is 1. The normalized spacial score (nSPS) is 14.3. The average Bonchev–Trinajstić information content (AvgIpc) is 2.62. The second-order valence-corrected chi connectivity index (χ2v) is 4.46. The van der Waals surface area contributed by atoms with E-state index in [2.05, 4.69) is 0 Å². The maximum absolute atomic E-state index is 12.9. The van der Waals surface area contributed by atoms with Crippen molar-refractivity contribution in [3.63, 3.8) is 0 Å². The van der Waals surface area contributed by atoms with Crippen LogP contribution in [0.15, 0.2) is 12.1 Å². The average molecular weight is 296 g/mol. The van der Waals surface area contributed by atoms with Gasteiger partial charge in [-0.1, -0.05) is 6.92 Å². The molecular formula is C9H11ClF5NS. The lowest BCUT2D eigenvalue weighted by Gasteiger charge is -2.24. The minimum atomic E-state index is -5.62. The van der Waals surface area contributed by atoms with E-state index in [1.165, 1.54) is 12.1 Å². The zero-order valence-electron chi connectivity index (χ0n) is 8.72. The molecular weight excluding hydrogens is 285 g/mol. The van der Waals surface area contributed by atoms with Gasteiger partial charge in [-0.3, -0.25) is 0 Å². The van der Waals surface area contributed by atoms with Gasteiger partial charge in [0.05, 0.1) is 0 Å². The number of hydrogen-bond acceptors (Lipinski definition) is 2. The van der Waals surface area contributed by atoms with Crippen LogP contribution in [0.25, 0.3) is 0 Å². The number of halogens is 6. The first-order valence-corrected chi connectivity index (χ1v) is 5.30. The Hall–Kier alpha value is -0.400. The minimum absolute atomic E-state index is 0. The first kappa shape index (κ1) is 16.6. The van der Waals surface area contributed by atoms with E-state index in [0.717, 1.165) is 16.2 Å². The third-order valence-corrected chi connectivity index (χ3v) is 3.42. The van der Waals surface area contributed by atoms with Crippen molar-refractivity contribution < 1.29 is 22.0 Å². The largest absolute Gasteiger partial charge is 0.455 e. The van der Waals surface area contributed by atoms with E-state index in [1.54, 1.807) is 6.92 Å². The molecule has 0 aliphatic carbocycles. The molecule has 0 amide bonds. The molecule has 0 aliphatic heterocycles. The van der Waals surface area contributed by atoms with E-state index >= 15 is 0 Å². The van der Waals surface area contributed by atoms with Crippen molar-refractivity contribution >= 4 is 23.7 Å². The predicted molar refractivity (Wildman–Crippen MR) is 58.9 cm³/mol. The van der Waals surface area contributed by atoms with Crippen LogP contribution in [0.3, 0.4) is 0 Å². The van der Waals surface area contributed by atoms with Gasteiger partial charge in [0.1, 0.15) is 6.04 Å². The zero-order valence-corrected chi connectivity index (χ0v) is 10.4. The fourth-order valence-electron chi connectivity index (χ4n) is 1.11. The smallest absolute Gasteiger partial charge is 0.318 e. The summed E-state index contributed by atoms with van der Waals surface area (Å²) in [6.07, 6.45) is -5.04. The summed E-state index contributed by atoms with van der Waals surface area (Å²) in [4.78, 5) is 0.572. The summed E-state index contributed by atoms with van der Waals surface area (Å²) >= 11 is 0.879. The first-order chi connectivity index (χ1) is 7.20. The standard InChI is InChI=1S/C9H10F5NS.ClH/c1-2-5-3-4-6(16-5)7(15)8(10,11)9(12,13)14;/h3-4,7H,2,15H2,1H3;1H/t7-;/m0./s1. The summed E-state index contributed by atoms with van der Waals surface area (Å²) in [5.74, 6) is -4.90. The highest BCUT2D eigenvalue weighted by Gasteiger charge is 2.62. The van der Waals surface area contributed by atoms with Crippen LogP contribution in [-0.2, 0) is 6.42 Å². The Labute approximate surface area is 105 Å². The van der Waals surface area contributed by atoms with Crippen molar-refractivity contribution in [1.29, 1.82) is 0 Å². The predicted octanol–water partition coefficient (Wildman–Crippen LogP) is 3.93. The lowest BCUT2D eigenvalue weighted by molar-refractivity contribution is -0.290. The minimum Gasteiger partial charge on any atom is -0.318 e. The Kier molecular flexibility index (Phi) is 5.37. The van der Waals surface area contributed by atoms with Gasteiger partial charge in [-0.25, -0.2) is 0 Å². The molecule has 0 spiro atoms. The van der Waals surface area contributed by atoms with Crippen LogP contribution in [0.5, 0.6) is 0 Å². The highest BCUT2D eigenvalue weighted by molar-refractivity contribution is 7.12. The quantitative estimate of drug-likeness (QED) is 0.840. The lowest BCUT2D eigenvalue weighted by Crippen LogP contribution is -2.45. The summed E-state index contributed by atoms with van der Waals surface area (Å²) in [6.45, 7) is 1.78. The van der Waals surface area contributed by atoms with Gasteiger partial charge in [0, 0.05) is 9.75 Å². The highest BCUT2D eigenvalue weighted by Crippen LogP contribution is 2.44. The molecule has 8 heteroatoms. The molecule has 0 saturated heterocycles. The maximum Gasteiger partial charge on any atom is 0.455 e. The number of alkyl halides is 5. The molecule has 100 valence electrons. The van der Waals surface area contributed by atoms with Crippen LogP contribution in [0.4, 0.5) is 22.0 Å². The van der Waals surface area contributed by atoms with Crippen LogP contribution in [0.2, 0.25) is 0 Å². The molecule has 0 radical (unpaired) electrons. The fourth-order valence-corrected chi connectivity index (χ4v) is 2.10. The van der Waals surface area contributed by atoms with Gasteiger partial charge in [0.25, 0.3) is 0 Å². The van der Waals surface area contributed by atoms with Crippen molar-refractivity contribution in [3.05, 3.63) is 21.9 Å².